The molecule has 0 saturated heterocycles. The Morgan fingerprint density at radius 3 is 2.63 bits per heavy atom. The Balaban J connectivity index is 1.79. The first-order valence-corrected chi connectivity index (χ1v) is 7.05. The van der Waals surface area contributed by atoms with Crippen LogP contribution in [0.4, 0.5) is 0 Å². The summed E-state index contributed by atoms with van der Waals surface area (Å²) in [6.07, 6.45) is 6.25. The monoisotopic (exact) mass is 256 g/mol. The van der Waals surface area contributed by atoms with Gasteiger partial charge in [0.2, 0.25) is 0 Å². The van der Waals surface area contributed by atoms with Crippen LogP contribution in [0, 0.1) is 5.92 Å². The third-order valence-electron chi connectivity index (χ3n) is 4.01. The first-order chi connectivity index (χ1) is 9.29. The van der Waals surface area contributed by atoms with E-state index < -0.39 is 6.10 Å². The molecule has 0 saturated carbocycles. The molecule has 0 amide bonds. The van der Waals surface area contributed by atoms with Gasteiger partial charge in [-0.15, -0.1) is 0 Å². The maximum atomic E-state index is 10.6. The number of aliphatic hydroxyl groups is 1. The van der Waals surface area contributed by atoms with Crippen LogP contribution in [0.3, 0.4) is 0 Å². The summed E-state index contributed by atoms with van der Waals surface area (Å²) in [7, 11) is 0. The van der Waals surface area contributed by atoms with E-state index in [-0.39, 0.29) is 5.92 Å². The van der Waals surface area contributed by atoms with Gasteiger partial charge in [-0.1, -0.05) is 31.2 Å². The van der Waals surface area contributed by atoms with Crippen molar-refractivity contribution in [1.82, 2.24) is 9.55 Å². The first kappa shape index (κ1) is 12.4. The molecule has 1 N–H and O–H groups in total. The molecular weight excluding hydrogens is 236 g/mol. The number of aromatic nitrogens is 2. The maximum absolute atomic E-state index is 10.6. The zero-order chi connectivity index (χ0) is 13.2. The highest BCUT2D eigenvalue weighted by molar-refractivity contribution is 5.32. The van der Waals surface area contributed by atoms with Gasteiger partial charge in [0, 0.05) is 24.9 Å². The number of aryl methyl sites for hydroxylation is 1. The number of hydrogen-bond donors (Lipinski definition) is 1. The van der Waals surface area contributed by atoms with Crippen molar-refractivity contribution in [3.63, 3.8) is 0 Å². The Bertz CT molecular complexity index is 536. The fraction of sp³-hybridized carbons (Fsp3) is 0.438. The highest BCUT2D eigenvalue weighted by Crippen LogP contribution is 2.34. The Labute approximate surface area is 113 Å². The normalized spacial score (nSPS) is 16.5. The molecule has 0 fully saturated rings. The number of imidazole rings is 1. The molecule has 3 nitrogen and oxygen atoms in total. The van der Waals surface area contributed by atoms with E-state index in [0.29, 0.717) is 0 Å². The first-order valence-electron chi connectivity index (χ1n) is 7.05. The highest BCUT2D eigenvalue weighted by atomic mass is 16.3. The largest absolute Gasteiger partial charge is 0.385 e. The van der Waals surface area contributed by atoms with E-state index in [1.165, 1.54) is 11.1 Å². The molecule has 0 aliphatic heterocycles. The third-order valence-corrected chi connectivity index (χ3v) is 4.01. The lowest BCUT2D eigenvalue weighted by Gasteiger charge is -2.18. The second-order valence-corrected chi connectivity index (χ2v) is 5.36. The van der Waals surface area contributed by atoms with E-state index in [1.54, 1.807) is 6.20 Å². The molecule has 1 aliphatic carbocycles. The van der Waals surface area contributed by atoms with Crippen LogP contribution in [-0.2, 0) is 19.4 Å². The molecule has 0 spiro atoms. The van der Waals surface area contributed by atoms with Gasteiger partial charge in [-0.3, -0.25) is 0 Å². The SMILES string of the molecule is CCCn1ccnc1C(O)C1Cc2ccccc2C1. The Morgan fingerprint density at radius 2 is 2.00 bits per heavy atom. The van der Waals surface area contributed by atoms with Crippen molar-refractivity contribution in [2.75, 3.05) is 0 Å². The van der Waals surface area contributed by atoms with Crippen molar-refractivity contribution in [3.05, 3.63) is 53.6 Å². The van der Waals surface area contributed by atoms with Crippen LogP contribution in [-0.4, -0.2) is 14.7 Å². The summed E-state index contributed by atoms with van der Waals surface area (Å²) in [5.74, 6) is 1.08. The van der Waals surface area contributed by atoms with E-state index in [0.717, 1.165) is 31.6 Å². The molecule has 1 atom stereocenters. The minimum absolute atomic E-state index is 0.260. The van der Waals surface area contributed by atoms with Gasteiger partial charge >= 0.3 is 0 Å². The van der Waals surface area contributed by atoms with E-state index in [9.17, 15) is 5.11 Å². The van der Waals surface area contributed by atoms with Gasteiger partial charge in [0.1, 0.15) is 11.9 Å². The molecule has 1 aromatic heterocycles. The van der Waals surface area contributed by atoms with E-state index in [4.69, 9.17) is 0 Å². The Kier molecular flexibility index (Phi) is 3.38. The molecule has 1 aliphatic rings. The topological polar surface area (TPSA) is 38.0 Å². The van der Waals surface area contributed by atoms with Crippen molar-refractivity contribution >= 4 is 0 Å². The molecular formula is C16H20N2O. The van der Waals surface area contributed by atoms with Crippen LogP contribution in [0.1, 0.15) is 36.4 Å². The smallest absolute Gasteiger partial charge is 0.137 e. The number of aliphatic hydroxyl groups excluding tert-OH is 1. The summed E-state index contributed by atoms with van der Waals surface area (Å²) in [5.41, 5.74) is 2.75. The van der Waals surface area contributed by atoms with Gasteiger partial charge in [-0.2, -0.15) is 0 Å². The number of fused-ring (bicyclic) bond motifs is 1. The number of rotatable bonds is 4. The van der Waals surface area contributed by atoms with Crippen LogP contribution >= 0.6 is 0 Å². The van der Waals surface area contributed by atoms with Crippen LogP contribution in [0.2, 0.25) is 0 Å². The zero-order valence-electron chi connectivity index (χ0n) is 11.3. The standard InChI is InChI=1S/C16H20N2O/c1-2-8-18-9-7-17-16(18)15(19)14-10-12-5-3-4-6-13(12)11-14/h3-7,9,14-15,19H,2,8,10-11H2,1H3. The van der Waals surface area contributed by atoms with Crippen LogP contribution in [0.15, 0.2) is 36.7 Å². The molecule has 0 radical (unpaired) electrons. The van der Waals surface area contributed by atoms with Crippen molar-refractivity contribution < 1.29 is 5.11 Å². The van der Waals surface area contributed by atoms with Gasteiger partial charge in [-0.05, 0) is 30.4 Å². The van der Waals surface area contributed by atoms with Gasteiger partial charge in [0.05, 0.1) is 0 Å². The molecule has 0 bridgehead atoms. The van der Waals surface area contributed by atoms with Crippen LogP contribution < -0.4 is 0 Å². The lowest BCUT2D eigenvalue weighted by atomic mass is 9.98. The van der Waals surface area contributed by atoms with E-state index >= 15 is 0 Å². The summed E-state index contributed by atoms with van der Waals surface area (Å²) < 4.78 is 2.08. The summed E-state index contributed by atoms with van der Waals surface area (Å²) in [6.45, 7) is 3.06. The molecule has 3 rings (SSSR count). The van der Waals surface area contributed by atoms with Crippen molar-refractivity contribution in [1.29, 1.82) is 0 Å². The van der Waals surface area contributed by atoms with E-state index in [2.05, 4.69) is 40.7 Å². The molecule has 1 heterocycles. The lowest BCUT2D eigenvalue weighted by Crippen LogP contribution is -2.18. The molecule has 1 aromatic carbocycles. The Hall–Kier alpha value is -1.61. The Morgan fingerprint density at radius 1 is 1.32 bits per heavy atom. The minimum Gasteiger partial charge on any atom is -0.385 e. The molecule has 100 valence electrons. The summed E-state index contributed by atoms with van der Waals surface area (Å²) in [4.78, 5) is 4.36. The maximum Gasteiger partial charge on any atom is 0.137 e. The van der Waals surface area contributed by atoms with E-state index in [1.807, 2.05) is 6.20 Å². The van der Waals surface area contributed by atoms with Gasteiger partial charge in [0.25, 0.3) is 0 Å². The zero-order valence-corrected chi connectivity index (χ0v) is 11.3. The average Bonchev–Trinajstić information content (AvgIpc) is 3.04. The fourth-order valence-corrected chi connectivity index (χ4v) is 3.04. The van der Waals surface area contributed by atoms with Crippen molar-refractivity contribution in [2.45, 2.75) is 38.8 Å². The molecule has 2 aromatic rings. The summed E-state index contributed by atoms with van der Waals surface area (Å²) in [6, 6.07) is 8.48. The molecule has 19 heavy (non-hydrogen) atoms. The van der Waals surface area contributed by atoms with Gasteiger partial charge < -0.3 is 9.67 Å². The van der Waals surface area contributed by atoms with Crippen molar-refractivity contribution in [3.8, 4) is 0 Å². The summed E-state index contributed by atoms with van der Waals surface area (Å²) in [5, 5.41) is 10.6. The quantitative estimate of drug-likeness (QED) is 0.913. The highest BCUT2D eigenvalue weighted by Gasteiger charge is 2.30. The minimum atomic E-state index is -0.464. The van der Waals surface area contributed by atoms with Crippen molar-refractivity contribution in [2.24, 2.45) is 5.92 Å². The van der Waals surface area contributed by atoms with Crippen LogP contribution in [0.5, 0.6) is 0 Å². The number of nitrogens with zero attached hydrogens (tertiary/aromatic N) is 2. The molecule has 3 heteroatoms. The van der Waals surface area contributed by atoms with Gasteiger partial charge in [-0.25, -0.2) is 4.98 Å². The average molecular weight is 256 g/mol. The third kappa shape index (κ3) is 2.30. The second kappa shape index (κ2) is 5.17. The summed E-state index contributed by atoms with van der Waals surface area (Å²) >= 11 is 0. The molecule has 1 unspecified atom stereocenters. The number of benzene rings is 1. The predicted molar refractivity (Wildman–Crippen MR) is 74.8 cm³/mol. The van der Waals surface area contributed by atoms with Crippen LogP contribution in [0.25, 0.3) is 0 Å². The van der Waals surface area contributed by atoms with Gasteiger partial charge in [0.15, 0.2) is 0 Å². The predicted octanol–water partition coefficient (Wildman–Crippen LogP) is 2.74. The second-order valence-electron chi connectivity index (χ2n) is 5.36. The fourth-order valence-electron chi connectivity index (χ4n) is 3.04. The lowest BCUT2D eigenvalue weighted by molar-refractivity contribution is 0.100. The number of hydrogen-bond acceptors (Lipinski definition) is 2.